The molecular formula is C16H17N5O2S. The van der Waals surface area contributed by atoms with E-state index in [2.05, 4.69) is 27.0 Å². The highest BCUT2D eigenvalue weighted by atomic mass is 32.2. The lowest BCUT2D eigenvalue weighted by Gasteiger charge is -2.03. The van der Waals surface area contributed by atoms with Gasteiger partial charge in [0.05, 0.1) is 12.9 Å². The van der Waals surface area contributed by atoms with Crippen molar-refractivity contribution in [3.63, 3.8) is 0 Å². The molecule has 0 amide bonds. The van der Waals surface area contributed by atoms with Gasteiger partial charge in [-0.05, 0) is 31.2 Å². The van der Waals surface area contributed by atoms with E-state index in [9.17, 15) is 0 Å². The van der Waals surface area contributed by atoms with Gasteiger partial charge in [-0.25, -0.2) is 0 Å². The maximum absolute atomic E-state index is 5.71. The quantitative estimate of drug-likeness (QED) is 0.482. The fourth-order valence-electron chi connectivity index (χ4n) is 2.10. The van der Waals surface area contributed by atoms with Gasteiger partial charge in [0.2, 0.25) is 11.8 Å². The minimum absolute atomic E-state index is 0.483. The number of rotatable bonds is 7. The van der Waals surface area contributed by atoms with Gasteiger partial charge in [0.25, 0.3) is 0 Å². The summed E-state index contributed by atoms with van der Waals surface area (Å²) in [4.78, 5) is 0. The first-order valence-electron chi connectivity index (χ1n) is 7.31. The largest absolute Gasteiger partial charge is 0.497 e. The van der Waals surface area contributed by atoms with Crippen molar-refractivity contribution in [2.45, 2.75) is 24.4 Å². The number of hydrogen-bond acceptors (Lipinski definition) is 7. The lowest BCUT2D eigenvalue weighted by Crippen LogP contribution is -2.00. The molecule has 0 aliphatic heterocycles. The highest BCUT2D eigenvalue weighted by Crippen LogP contribution is 2.25. The zero-order chi connectivity index (χ0) is 16.9. The Bertz CT molecular complexity index is 825. The van der Waals surface area contributed by atoms with Crippen LogP contribution in [0.2, 0.25) is 0 Å². The van der Waals surface area contributed by atoms with Crippen molar-refractivity contribution < 1.29 is 9.15 Å². The zero-order valence-corrected chi connectivity index (χ0v) is 14.3. The summed E-state index contributed by atoms with van der Waals surface area (Å²) < 4.78 is 12.8. The first-order valence-corrected chi connectivity index (χ1v) is 8.30. The van der Waals surface area contributed by atoms with E-state index < -0.39 is 0 Å². The van der Waals surface area contributed by atoms with Gasteiger partial charge in [-0.3, -0.25) is 0 Å². The van der Waals surface area contributed by atoms with Gasteiger partial charge in [-0.1, -0.05) is 17.8 Å². The van der Waals surface area contributed by atoms with Crippen molar-refractivity contribution in [2.24, 2.45) is 0 Å². The van der Waals surface area contributed by atoms with Crippen molar-refractivity contribution in [2.75, 3.05) is 7.11 Å². The Morgan fingerprint density at radius 3 is 2.71 bits per heavy atom. The third-order valence-electron chi connectivity index (χ3n) is 3.34. The summed E-state index contributed by atoms with van der Waals surface area (Å²) in [5.41, 5.74) is 0.852. The number of benzene rings is 1. The Morgan fingerprint density at radius 1 is 1.21 bits per heavy atom. The topological polar surface area (TPSA) is 78.9 Å². The normalized spacial score (nSPS) is 10.8. The Labute approximate surface area is 143 Å². The summed E-state index contributed by atoms with van der Waals surface area (Å²) >= 11 is 1.50. The van der Waals surface area contributed by atoms with Crippen molar-refractivity contribution in [3.8, 4) is 17.2 Å². The molecule has 3 rings (SSSR count). The van der Waals surface area contributed by atoms with E-state index in [1.165, 1.54) is 11.8 Å². The fourth-order valence-corrected chi connectivity index (χ4v) is 2.93. The molecule has 124 valence electrons. The predicted octanol–water partition coefficient (Wildman–Crippen LogP) is 3.12. The summed E-state index contributed by atoms with van der Waals surface area (Å²) in [5, 5.41) is 17.2. The second kappa shape index (κ2) is 7.31. The number of thioether (sulfide) groups is 1. The predicted molar refractivity (Wildman–Crippen MR) is 90.8 cm³/mol. The van der Waals surface area contributed by atoms with Gasteiger partial charge in [0.1, 0.15) is 11.6 Å². The number of methoxy groups -OCH3 is 1. The molecule has 2 aromatic heterocycles. The summed E-state index contributed by atoms with van der Waals surface area (Å²) in [6.45, 7) is 6.33. The highest BCUT2D eigenvalue weighted by Gasteiger charge is 2.12. The molecule has 8 heteroatoms. The molecule has 0 bridgehead atoms. The molecule has 7 nitrogen and oxygen atoms in total. The van der Waals surface area contributed by atoms with Gasteiger partial charge in [-0.15, -0.1) is 27.0 Å². The lowest BCUT2D eigenvalue weighted by molar-refractivity contribution is 0.415. The van der Waals surface area contributed by atoms with Crippen LogP contribution in [0.3, 0.4) is 0 Å². The van der Waals surface area contributed by atoms with E-state index in [-0.39, 0.29) is 0 Å². The van der Waals surface area contributed by atoms with E-state index in [1.54, 1.807) is 7.11 Å². The maximum Gasteiger partial charge on any atom is 0.247 e. The van der Waals surface area contributed by atoms with Gasteiger partial charge in [-0.2, -0.15) is 0 Å². The van der Waals surface area contributed by atoms with E-state index >= 15 is 0 Å². The molecule has 0 unspecified atom stereocenters. The summed E-state index contributed by atoms with van der Waals surface area (Å²) in [5.74, 6) is 3.18. The minimum Gasteiger partial charge on any atom is -0.497 e. The fraction of sp³-hybridized carbons (Fsp3) is 0.250. The van der Waals surface area contributed by atoms with Crippen molar-refractivity contribution in [1.82, 2.24) is 25.0 Å². The monoisotopic (exact) mass is 343 g/mol. The van der Waals surface area contributed by atoms with E-state index in [0.29, 0.717) is 24.1 Å². The van der Waals surface area contributed by atoms with Crippen molar-refractivity contribution in [3.05, 3.63) is 48.6 Å². The van der Waals surface area contributed by atoms with Gasteiger partial charge in [0, 0.05) is 12.1 Å². The second-order valence-electron chi connectivity index (χ2n) is 4.95. The average molecular weight is 343 g/mol. The molecule has 1 aromatic carbocycles. The van der Waals surface area contributed by atoms with Crippen LogP contribution in [0.15, 0.2) is 46.5 Å². The Hall–Kier alpha value is -2.61. The molecule has 0 spiro atoms. The molecule has 24 heavy (non-hydrogen) atoms. The Morgan fingerprint density at radius 2 is 2.00 bits per heavy atom. The second-order valence-corrected chi connectivity index (χ2v) is 5.89. The number of aromatic nitrogens is 5. The van der Waals surface area contributed by atoms with Crippen molar-refractivity contribution in [1.29, 1.82) is 0 Å². The third-order valence-corrected chi connectivity index (χ3v) is 4.29. The Balaban J connectivity index is 1.69. The minimum atomic E-state index is 0.483. The van der Waals surface area contributed by atoms with E-state index in [0.717, 1.165) is 22.3 Å². The summed E-state index contributed by atoms with van der Waals surface area (Å²) in [6.07, 6.45) is 1.81. The highest BCUT2D eigenvalue weighted by molar-refractivity contribution is 7.98. The molecule has 0 N–H and O–H groups in total. The first-order chi connectivity index (χ1) is 11.7. The van der Waals surface area contributed by atoms with Gasteiger partial charge >= 0.3 is 0 Å². The lowest BCUT2D eigenvalue weighted by atomic mass is 10.2. The van der Waals surface area contributed by atoms with Crippen LogP contribution in [0.4, 0.5) is 0 Å². The summed E-state index contributed by atoms with van der Waals surface area (Å²) in [6, 6.07) is 7.48. The van der Waals surface area contributed by atoms with Crippen LogP contribution < -0.4 is 4.74 Å². The molecule has 3 aromatic rings. The SMILES string of the molecule is C=CCn1c(C)nnc1SCc1nnc(-c2ccc(OC)cc2)o1. The van der Waals surface area contributed by atoms with Gasteiger partial charge in [0.15, 0.2) is 5.16 Å². The molecular weight excluding hydrogens is 326 g/mol. The number of ether oxygens (including phenoxy) is 1. The van der Waals surface area contributed by atoms with Crippen LogP contribution >= 0.6 is 11.8 Å². The van der Waals surface area contributed by atoms with Crippen LogP contribution in [0, 0.1) is 6.92 Å². The molecule has 0 atom stereocenters. The zero-order valence-electron chi connectivity index (χ0n) is 13.5. The molecule has 2 heterocycles. The first kappa shape index (κ1) is 16.3. The molecule has 0 saturated heterocycles. The van der Waals surface area contributed by atoms with Crippen molar-refractivity contribution >= 4 is 11.8 Å². The summed E-state index contributed by atoms with van der Waals surface area (Å²) in [7, 11) is 1.63. The van der Waals surface area contributed by atoms with E-state index in [4.69, 9.17) is 9.15 Å². The van der Waals surface area contributed by atoms with Gasteiger partial charge < -0.3 is 13.7 Å². The average Bonchev–Trinajstić information content (AvgIpc) is 3.21. The number of hydrogen-bond donors (Lipinski definition) is 0. The van der Waals surface area contributed by atoms with Crippen LogP contribution in [0.25, 0.3) is 11.5 Å². The Kier molecular flexibility index (Phi) is 4.95. The van der Waals surface area contributed by atoms with Crippen LogP contribution in [-0.4, -0.2) is 32.1 Å². The smallest absolute Gasteiger partial charge is 0.247 e. The standard InChI is InChI=1S/C16H17N5O2S/c1-4-9-21-11(2)17-20-16(21)24-10-14-18-19-15(23-14)12-5-7-13(22-3)8-6-12/h4-8H,1,9-10H2,2-3H3. The van der Waals surface area contributed by atoms with Crippen LogP contribution in [0.5, 0.6) is 5.75 Å². The third kappa shape index (κ3) is 3.48. The maximum atomic E-state index is 5.71. The number of aryl methyl sites for hydroxylation is 1. The number of nitrogens with zero attached hydrogens (tertiary/aromatic N) is 5. The molecule has 0 saturated carbocycles. The van der Waals surface area contributed by atoms with Crippen LogP contribution in [-0.2, 0) is 12.3 Å². The molecule has 0 aliphatic rings. The molecule has 0 aliphatic carbocycles. The van der Waals surface area contributed by atoms with E-state index in [1.807, 2.05) is 41.8 Å². The molecule has 0 fully saturated rings. The molecule has 0 radical (unpaired) electrons. The number of allylic oxidation sites excluding steroid dienone is 1. The van der Waals surface area contributed by atoms with Crippen LogP contribution in [0.1, 0.15) is 11.7 Å².